The summed E-state index contributed by atoms with van der Waals surface area (Å²) in [6, 6.07) is 20.9. The number of rotatable bonds is 2. The van der Waals surface area contributed by atoms with E-state index in [1.165, 1.54) is 18.2 Å². The first kappa shape index (κ1) is 21.7. The van der Waals surface area contributed by atoms with Crippen LogP contribution in [0.1, 0.15) is 0 Å². The van der Waals surface area contributed by atoms with Crippen LogP contribution in [0.4, 0.5) is 4.39 Å². The molecule has 0 spiro atoms. The van der Waals surface area contributed by atoms with Crippen molar-refractivity contribution in [2.24, 2.45) is 0 Å². The molecule has 2 nitrogen and oxygen atoms in total. The van der Waals surface area contributed by atoms with Gasteiger partial charge in [-0.05, 0) is 42.5 Å². The summed E-state index contributed by atoms with van der Waals surface area (Å²) in [5.74, 6) is -0.443. The molecular formula is C18H13Cl2FFeO2S. The SMILES string of the molecule is Fc1ccc(Cl)cc1Cl.O=S(=O)(c1ccccc1)c1ccccc1.[Fe]. The average molecular weight is 439 g/mol. The van der Waals surface area contributed by atoms with E-state index in [4.69, 9.17) is 23.2 Å². The molecule has 0 aliphatic carbocycles. The maximum atomic E-state index is 12.3. The van der Waals surface area contributed by atoms with Gasteiger partial charge in [-0.1, -0.05) is 59.6 Å². The van der Waals surface area contributed by atoms with E-state index in [0.717, 1.165) is 0 Å². The molecule has 3 aromatic rings. The molecule has 0 N–H and O–H groups in total. The monoisotopic (exact) mass is 438 g/mol. The molecule has 0 heterocycles. The normalized spacial score (nSPS) is 10.2. The molecule has 3 rings (SSSR count). The van der Waals surface area contributed by atoms with Gasteiger partial charge >= 0.3 is 0 Å². The minimum absolute atomic E-state index is 0. The largest absolute Gasteiger partial charge is 0.219 e. The van der Waals surface area contributed by atoms with Crippen LogP contribution in [-0.4, -0.2) is 8.42 Å². The zero-order chi connectivity index (χ0) is 17.6. The molecule has 25 heavy (non-hydrogen) atoms. The summed E-state index contributed by atoms with van der Waals surface area (Å²) in [7, 11) is -3.34. The van der Waals surface area contributed by atoms with E-state index < -0.39 is 15.7 Å². The van der Waals surface area contributed by atoms with Crippen LogP contribution in [0.5, 0.6) is 0 Å². The number of halogens is 3. The molecule has 3 aromatic carbocycles. The van der Waals surface area contributed by atoms with E-state index >= 15 is 0 Å². The molecule has 0 unspecified atom stereocenters. The van der Waals surface area contributed by atoms with Gasteiger partial charge in [0.1, 0.15) is 5.82 Å². The van der Waals surface area contributed by atoms with Crippen LogP contribution in [0.25, 0.3) is 0 Å². The van der Waals surface area contributed by atoms with E-state index in [1.54, 1.807) is 60.7 Å². The Morgan fingerprint density at radius 1 is 0.720 bits per heavy atom. The second-order valence-electron chi connectivity index (χ2n) is 4.69. The second-order valence-corrected chi connectivity index (χ2v) is 7.48. The smallest absolute Gasteiger partial charge is 0.206 e. The van der Waals surface area contributed by atoms with Gasteiger partial charge in [-0.15, -0.1) is 0 Å². The third-order valence-electron chi connectivity index (χ3n) is 2.99. The van der Waals surface area contributed by atoms with Crippen molar-refractivity contribution in [2.45, 2.75) is 9.79 Å². The average Bonchev–Trinajstić information content (AvgIpc) is 2.60. The molecule has 132 valence electrons. The zero-order valence-corrected chi connectivity index (χ0v) is 16.2. The van der Waals surface area contributed by atoms with Crippen LogP contribution in [0.3, 0.4) is 0 Å². The Bertz CT molecular complexity index is 859. The Balaban J connectivity index is 0.000000270. The summed E-state index contributed by atoms with van der Waals surface area (Å²) in [5, 5.41) is 0.504. The number of benzene rings is 3. The van der Waals surface area contributed by atoms with Gasteiger partial charge in [-0.25, -0.2) is 12.8 Å². The van der Waals surface area contributed by atoms with Gasteiger partial charge < -0.3 is 0 Å². The van der Waals surface area contributed by atoms with Gasteiger partial charge in [0.2, 0.25) is 9.84 Å². The Hall–Kier alpha value is -1.36. The third kappa shape index (κ3) is 6.14. The van der Waals surface area contributed by atoms with Gasteiger partial charge in [0, 0.05) is 22.1 Å². The Morgan fingerprint density at radius 3 is 1.52 bits per heavy atom. The second kappa shape index (κ2) is 9.95. The summed E-state index contributed by atoms with van der Waals surface area (Å²) >= 11 is 10.8. The molecule has 0 aliphatic rings. The van der Waals surface area contributed by atoms with E-state index in [2.05, 4.69) is 0 Å². The van der Waals surface area contributed by atoms with Gasteiger partial charge in [0.15, 0.2) is 0 Å². The van der Waals surface area contributed by atoms with Crippen LogP contribution in [0, 0.1) is 5.82 Å². The standard InChI is InChI=1S/C12H10O2S.C6H3Cl2F.Fe/c13-15(14,11-7-3-1-4-8-11)12-9-5-2-6-10-12;7-4-1-2-6(9)5(8)3-4;/h1-10H;1-3H;. The molecule has 0 bridgehead atoms. The maximum Gasteiger partial charge on any atom is 0.206 e. The van der Waals surface area contributed by atoms with E-state index in [1.807, 2.05) is 0 Å². The molecule has 0 amide bonds. The van der Waals surface area contributed by atoms with Crippen LogP contribution < -0.4 is 0 Å². The summed E-state index contributed by atoms with van der Waals surface area (Å²) in [4.78, 5) is 0.660. The fourth-order valence-corrected chi connectivity index (χ4v) is 3.52. The summed E-state index contributed by atoms with van der Waals surface area (Å²) in [5.41, 5.74) is 0. The molecule has 0 aromatic heterocycles. The van der Waals surface area contributed by atoms with E-state index in [9.17, 15) is 12.8 Å². The summed E-state index contributed by atoms with van der Waals surface area (Å²) in [6.07, 6.45) is 0. The first-order valence-corrected chi connectivity index (χ1v) is 9.11. The van der Waals surface area contributed by atoms with Crippen molar-refractivity contribution < 1.29 is 29.9 Å². The van der Waals surface area contributed by atoms with Gasteiger partial charge in [0.25, 0.3) is 0 Å². The maximum absolute atomic E-state index is 12.3. The number of sulfone groups is 1. The molecule has 0 saturated heterocycles. The van der Waals surface area contributed by atoms with Crippen molar-refractivity contribution in [3.05, 3.63) is 94.7 Å². The van der Waals surface area contributed by atoms with Crippen molar-refractivity contribution in [1.29, 1.82) is 0 Å². The van der Waals surface area contributed by atoms with E-state index in [0.29, 0.717) is 14.8 Å². The minimum atomic E-state index is -3.34. The van der Waals surface area contributed by atoms with Gasteiger partial charge in [-0.3, -0.25) is 0 Å². The van der Waals surface area contributed by atoms with Crippen molar-refractivity contribution in [3.63, 3.8) is 0 Å². The first-order chi connectivity index (χ1) is 11.4. The van der Waals surface area contributed by atoms with E-state index in [-0.39, 0.29) is 22.1 Å². The summed E-state index contributed by atoms with van der Waals surface area (Å²) < 4.78 is 36.4. The molecule has 0 radical (unpaired) electrons. The minimum Gasteiger partial charge on any atom is -0.219 e. The van der Waals surface area contributed by atoms with Crippen molar-refractivity contribution in [2.75, 3.05) is 0 Å². The fourth-order valence-electron chi connectivity index (χ4n) is 1.81. The third-order valence-corrected chi connectivity index (χ3v) is 5.30. The topological polar surface area (TPSA) is 34.1 Å². The molecule has 0 atom stereocenters. The molecule has 0 aliphatic heterocycles. The van der Waals surface area contributed by atoms with Crippen LogP contribution >= 0.6 is 23.2 Å². The molecule has 7 heteroatoms. The van der Waals surface area contributed by atoms with Crippen molar-refractivity contribution >= 4 is 33.0 Å². The molecule has 0 saturated carbocycles. The number of hydrogen-bond acceptors (Lipinski definition) is 2. The number of hydrogen-bond donors (Lipinski definition) is 0. The predicted octanol–water partition coefficient (Wildman–Crippen LogP) is 5.65. The molecular weight excluding hydrogens is 426 g/mol. The van der Waals surface area contributed by atoms with Crippen molar-refractivity contribution in [3.8, 4) is 0 Å². The fraction of sp³-hybridized carbons (Fsp3) is 0. The first-order valence-electron chi connectivity index (χ1n) is 6.87. The van der Waals surface area contributed by atoms with Gasteiger partial charge in [-0.2, -0.15) is 0 Å². The van der Waals surface area contributed by atoms with Crippen LogP contribution in [0.2, 0.25) is 10.0 Å². The van der Waals surface area contributed by atoms with Gasteiger partial charge in [0.05, 0.1) is 14.8 Å². The quantitative estimate of drug-likeness (QED) is 0.382. The predicted molar refractivity (Wildman–Crippen MR) is 94.8 cm³/mol. The Morgan fingerprint density at radius 2 is 1.16 bits per heavy atom. The Labute approximate surface area is 167 Å². The van der Waals surface area contributed by atoms with Crippen LogP contribution in [0.15, 0.2) is 88.7 Å². The van der Waals surface area contributed by atoms with Crippen molar-refractivity contribution in [1.82, 2.24) is 0 Å². The zero-order valence-electron chi connectivity index (χ0n) is 12.7. The van der Waals surface area contributed by atoms with Crippen LogP contribution in [-0.2, 0) is 26.9 Å². The molecule has 0 fully saturated rings. The summed E-state index contributed by atoms with van der Waals surface area (Å²) in [6.45, 7) is 0. The Kier molecular flexibility index (Phi) is 8.63.